The summed E-state index contributed by atoms with van der Waals surface area (Å²) < 4.78 is 20.2. The van der Waals surface area contributed by atoms with Gasteiger partial charge in [-0.25, -0.2) is 9.78 Å². The first-order valence-corrected chi connectivity index (χ1v) is 6.91. The number of halogens is 1. The Morgan fingerprint density at radius 3 is 2.86 bits per heavy atom. The number of allylic oxidation sites excluding steroid dienone is 4. The van der Waals surface area contributed by atoms with Gasteiger partial charge in [-0.15, -0.1) is 0 Å². The van der Waals surface area contributed by atoms with Crippen molar-refractivity contribution in [2.24, 2.45) is 0 Å². The van der Waals surface area contributed by atoms with Gasteiger partial charge in [-0.05, 0) is 18.9 Å². The maximum atomic E-state index is 13.9. The zero-order chi connectivity index (χ0) is 15.8. The Balaban J connectivity index is 3.05. The lowest BCUT2D eigenvalue weighted by molar-refractivity contribution is 0.0484. The van der Waals surface area contributed by atoms with Crippen molar-refractivity contribution in [3.05, 3.63) is 54.9 Å². The van der Waals surface area contributed by atoms with Crippen molar-refractivity contribution in [3.8, 4) is 0 Å². The monoisotopic (exact) mass is 292 g/mol. The molecule has 0 aliphatic heterocycles. The fraction of sp³-hybridized carbons (Fsp3) is 0.375. The summed E-state index contributed by atoms with van der Waals surface area (Å²) in [7, 11) is 0. The molecule has 0 N–H and O–H groups in total. The van der Waals surface area contributed by atoms with Crippen molar-refractivity contribution in [3.63, 3.8) is 0 Å². The fourth-order valence-electron chi connectivity index (χ4n) is 1.90. The molecule has 5 heteroatoms. The summed E-state index contributed by atoms with van der Waals surface area (Å²) in [6, 6.07) is -0.434. The van der Waals surface area contributed by atoms with E-state index in [1.165, 1.54) is 10.8 Å². The van der Waals surface area contributed by atoms with E-state index < -0.39 is 18.1 Å². The van der Waals surface area contributed by atoms with Crippen molar-refractivity contribution < 1.29 is 13.9 Å². The molecule has 0 fully saturated rings. The number of hydrogen-bond donors (Lipinski definition) is 0. The standard InChI is InChI=1S/C16H21FN2O2/c1-5-8-10-21-15(20)14-11-18-16(17)19(14)12(4)13(7-3)9-6-2/h6-7,9,11-12H,2-3,5,8,10H2,1,4H3/b13-9+/t12-/m1/s1. The normalized spacial score (nSPS) is 12.8. The molecule has 1 atom stereocenters. The fourth-order valence-corrected chi connectivity index (χ4v) is 1.90. The second-order valence-corrected chi connectivity index (χ2v) is 4.55. The SMILES string of the molecule is C=C/C=C(\C=C)[C@@H](C)n1c(C(=O)OCCCC)cnc1F. The first-order chi connectivity index (χ1) is 10.1. The molecule has 0 aromatic carbocycles. The lowest BCUT2D eigenvalue weighted by atomic mass is 10.1. The van der Waals surface area contributed by atoms with E-state index in [4.69, 9.17) is 4.74 Å². The third kappa shape index (κ3) is 4.15. The Hall–Kier alpha value is -2.17. The number of aromatic nitrogens is 2. The van der Waals surface area contributed by atoms with Crippen molar-refractivity contribution in [1.29, 1.82) is 0 Å². The minimum atomic E-state index is -0.734. The molecule has 0 spiro atoms. The maximum Gasteiger partial charge on any atom is 0.356 e. The Bertz CT molecular complexity index is 546. The molecule has 0 unspecified atom stereocenters. The van der Waals surface area contributed by atoms with Gasteiger partial charge in [-0.1, -0.05) is 44.7 Å². The summed E-state index contributed by atoms with van der Waals surface area (Å²) >= 11 is 0. The molecule has 0 amide bonds. The molecule has 4 nitrogen and oxygen atoms in total. The van der Waals surface area contributed by atoms with Gasteiger partial charge in [-0.2, -0.15) is 4.39 Å². The van der Waals surface area contributed by atoms with Crippen LogP contribution in [-0.2, 0) is 4.74 Å². The van der Waals surface area contributed by atoms with Gasteiger partial charge < -0.3 is 4.74 Å². The summed E-state index contributed by atoms with van der Waals surface area (Å²) in [5.41, 5.74) is 0.817. The number of hydrogen-bond acceptors (Lipinski definition) is 3. The minimum Gasteiger partial charge on any atom is -0.461 e. The first kappa shape index (κ1) is 16.9. The minimum absolute atomic E-state index is 0.0907. The lowest BCUT2D eigenvalue weighted by Gasteiger charge is -2.17. The molecule has 1 aromatic rings. The van der Waals surface area contributed by atoms with Crippen molar-refractivity contribution in [2.45, 2.75) is 32.7 Å². The highest BCUT2D eigenvalue weighted by Crippen LogP contribution is 2.22. The average molecular weight is 292 g/mol. The van der Waals surface area contributed by atoms with E-state index in [-0.39, 0.29) is 5.69 Å². The van der Waals surface area contributed by atoms with Gasteiger partial charge >= 0.3 is 5.97 Å². The smallest absolute Gasteiger partial charge is 0.356 e. The van der Waals surface area contributed by atoms with Gasteiger partial charge in [0.05, 0.1) is 18.8 Å². The third-order valence-corrected chi connectivity index (χ3v) is 3.11. The van der Waals surface area contributed by atoms with Crippen LogP contribution < -0.4 is 0 Å². The van der Waals surface area contributed by atoms with Gasteiger partial charge in [0.15, 0.2) is 0 Å². The summed E-state index contributed by atoms with van der Waals surface area (Å²) in [6.45, 7) is 11.4. The molecule has 1 heterocycles. The number of imidazole rings is 1. The average Bonchev–Trinajstić information content (AvgIpc) is 2.86. The summed E-state index contributed by atoms with van der Waals surface area (Å²) in [5.74, 6) is -0.575. The largest absolute Gasteiger partial charge is 0.461 e. The Labute approximate surface area is 124 Å². The molecular formula is C16H21FN2O2. The Morgan fingerprint density at radius 2 is 2.29 bits per heavy atom. The second-order valence-electron chi connectivity index (χ2n) is 4.55. The van der Waals surface area contributed by atoms with Crippen LogP contribution in [-0.4, -0.2) is 22.1 Å². The van der Waals surface area contributed by atoms with E-state index in [0.717, 1.165) is 18.4 Å². The molecule has 21 heavy (non-hydrogen) atoms. The predicted octanol–water partition coefficient (Wildman–Crippen LogP) is 3.84. The van der Waals surface area contributed by atoms with Crippen LogP contribution in [0.3, 0.4) is 0 Å². The summed E-state index contributed by atoms with van der Waals surface area (Å²) in [6.07, 6.45) is 7.03. The number of ether oxygens (including phenoxy) is 1. The quantitative estimate of drug-likeness (QED) is 0.415. The predicted molar refractivity (Wildman–Crippen MR) is 80.6 cm³/mol. The molecule has 0 saturated carbocycles. The molecule has 0 bridgehead atoms. The van der Waals surface area contributed by atoms with E-state index in [9.17, 15) is 9.18 Å². The first-order valence-electron chi connectivity index (χ1n) is 6.91. The van der Waals surface area contributed by atoms with Gasteiger partial charge in [0.2, 0.25) is 0 Å². The Kier molecular flexibility index (Phi) is 6.59. The van der Waals surface area contributed by atoms with Crippen LogP contribution in [0.4, 0.5) is 4.39 Å². The topological polar surface area (TPSA) is 44.1 Å². The zero-order valence-electron chi connectivity index (χ0n) is 12.5. The number of carbonyl (C=O) groups is 1. The summed E-state index contributed by atoms with van der Waals surface area (Å²) in [4.78, 5) is 15.6. The van der Waals surface area contributed by atoms with Crippen LogP contribution >= 0.6 is 0 Å². The van der Waals surface area contributed by atoms with Crippen molar-refractivity contribution in [2.75, 3.05) is 6.61 Å². The van der Waals surface area contributed by atoms with E-state index in [1.54, 1.807) is 25.2 Å². The molecule has 1 aromatic heterocycles. The third-order valence-electron chi connectivity index (χ3n) is 3.11. The van der Waals surface area contributed by atoms with Crippen LogP contribution in [0.25, 0.3) is 0 Å². The van der Waals surface area contributed by atoms with E-state index in [0.29, 0.717) is 6.61 Å². The Morgan fingerprint density at radius 1 is 1.57 bits per heavy atom. The summed E-state index contributed by atoms with van der Waals surface area (Å²) in [5, 5.41) is 0. The van der Waals surface area contributed by atoms with Crippen molar-refractivity contribution in [1.82, 2.24) is 9.55 Å². The van der Waals surface area contributed by atoms with E-state index in [1.807, 2.05) is 6.92 Å². The molecular weight excluding hydrogens is 271 g/mol. The van der Waals surface area contributed by atoms with Crippen LogP contribution in [0.5, 0.6) is 0 Å². The van der Waals surface area contributed by atoms with Crippen LogP contribution in [0, 0.1) is 6.08 Å². The number of nitrogens with zero attached hydrogens (tertiary/aromatic N) is 2. The van der Waals surface area contributed by atoms with Gasteiger partial charge in [0, 0.05) is 0 Å². The molecule has 0 aliphatic rings. The number of rotatable bonds is 8. The van der Waals surface area contributed by atoms with E-state index in [2.05, 4.69) is 18.1 Å². The number of esters is 1. The molecule has 0 saturated heterocycles. The zero-order valence-corrected chi connectivity index (χ0v) is 12.5. The molecule has 0 aliphatic carbocycles. The van der Waals surface area contributed by atoms with Crippen LogP contribution in [0.15, 0.2) is 43.2 Å². The van der Waals surface area contributed by atoms with Crippen LogP contribution in [0.1, 0.15) is 43.2 Å². The highest BCUT2D eigenvalue weighted by atomic mass is 19.1. The molecule has 1 rings (SSSR count). The highest BCUT2D eigenvalue weighted by Gasteiger charge is 2.22. The highest BCUT2D eigenvalue weighted by molar-refractivity contribution is 5.87. The van der Waals surface area contributed by atoms with Crippen LogP contribution in [0.2, 0.25) is 0 Å². The second kappa shape index (κ2) is 8.19. The van der Waals surface area contributed by atoms with Gasteiger partial charge in [0.1, 0.15) is 5.69 Å². The van der Waals surface area contributed by atoms with E-state index >= 15 is 0 Å². The molecule has 0 radical (unpaired) electrons. The van der Waals surface area contributed by atoms with Gasteiger partial charge in [0.25, 0.3) is 6.08 Å². The number of unbranched alkanes of at least 4 members (excludes halogenated alkanes) is 1. The maximum absolute atomic E-state index is 13.9. The number of carbonyl (C=O) groups excluding carboxylic acids is 1. The lowest BCUT2D eigenvalue weighted by Crippen LogP contribution is -2.18. The molecule has 114 valence electrons. The van der Waals surface area contributed by atoms with Gasteiger partial charge in [-0.3, -0.25) is 4.57 Å². The van der Waals surface area contributed by atoms with Crippen molar-refractivity contribution >= 4 is 5.97 Å².